The molecule has 1 aliphatic rings. The van der Waals surface area contributed by atoms with Crippen LogP contribution in [0.15, 0.2) is 0 Å². The first-order chi connectivity index (χ1) is 6.84. The largest absolute Gasteiger partial charge is 0.383 e. The lowest BCUT2D eigenvalue weighted by Crippen LogP contribution is -2.43. The molecular weight excluding hydrogens is 218 g/mol. The third-order valence-electron chi connectivity index (χ3n) is 2.54. The molecule has 0 bridgehead atoms. The maximum Gasteiger partial charge on any atom is 0.242 e. The smallest absolute Gasteiger partial charge is 0.242 e. The molecule has 0 atom stereocenters. The van der Waals surface area contributed by atoms with Crippen LogP contribution >= 0.6 is 0 Å². The molecule has 5 nitrogen and oxygen atoms in total. The highest BCUT2D eigenvalue weighted by Gasteiger charge is 2.55. The Labute approximate surface area is 90.2 Å². The minimum atomic E-state index is -3.58. The normalized spacial score (nSPS) is 18.9. The van der Waals surface area contributed by atoms with Crippen LogP contribution in [0.2, 0.25) is 0 Å². The summed E-state index contributed by atoms with van der Waals surface area (Å²) in [5, 5.41) is 0. The zero-order valence-corrected chi connectivity index (χ0v) is 10.1. The zero-order valence-electron chi connectivity index (χ0n) is 9.24. The number of amides is 1. The van der Waals surface area contributed by atoms with Crippen LogP contribution in [0.25, 0.3) is 0 Å². The van der Waals surface area contributed by atoms with Crippen LogP contribution in [0.5, 0.6) is 0 Å². The first kappa shape index (κ1) is 12.4. The van der Waals surface area contributed by atoms with E-state index in [0.29, 0.717) is 12.8 Å². The van der Waals surface area contributed by atoms with Gasteiger partial charge in [-0.2, -0.15) is 0 Å². The molecule has 1 N–H and O–H groups in total. The number of ether oxygens (including phenoxy) is 1. The Kier molecular flexibility index (Phi) is 3.40. The molecule has 0 aromatic heterocycles. The summed E-state index contributed by atoms with van der Waals surface area (Å²) in [6.45, 7) is 3.45. The first-order valence-electron chi connectivity index (χ1n) is 4.90. The van der Waals surface area contributed by atoms with Crippen molar-refractivity contribution in [2.75, 3.05) is 13.7 Å². The lowest BCUT2D eigenvalue weighted by atomic mass is 10.2. The van der Waals surface area contributed by atoms with E-state index < -0.39 is 20.7 Å². The van der Waals surface area contributed by atoms with Crippen LogP contribution in [0.4, 0.5) is 0 Å². The predicted octanol–water partition coefficient (Wildman–Crippen LogP) is 0.267. The van der Waals surface area contributed by atoms with E-state index in [0.717, 1.165) is 0 Å². The molecule has 0 aromatic carbocycles. The first-order valence-corrected chi connectivity index (χ1v) is 6.38. The standard InChI is InChI=1S/C9H17NO4S/c1-7(2)8(11)10-15(12,13)9(4-5-9)6-14-3/h7H,4-6H2,1-3H3,(H,10,11). The number of hydrogen-bond acceptors (Lipinski definition) is 4. The highest BCUT2D eigenvalue weighted by atomic mass is 32.2. The van der Waals surface area contributed by atoms with Gasteiger partial charge in [0.1, 0.15) is 4.75 Å². The molecule has 0 aliphatic heterocycles. The molecule has 6 heteroatoms. The van der Waals surface area contributed by atoms with Gasteiger partial charge in [0, 0.05) is 13.0 Å². The fourth-order valence-electron chi connectivity index (χ4n) is 1.25. The molecule has 0 radical (unpaired) electrons. The van der Waals surface area contributed by atoms with Crippen LogP contribution in [0.3, 0.4) is 0 Å². The van der Waals surface area contributed by atoms with Gasteiger partial charge in [0.2, 0.25) is 15.9 Å². The van der Waals surface area contributed by atoms with E-state index in [9.17, 15) is 13.2 Å². The Morgan fingerprint density at radius 2 is 2.00 bits per heavy atom. The molecule has 1 saturated carbocycles. The fraction of sp³-hybridized carbons (Fsp3) is 0.889. The van der Waals surface area contributed by atoms with Crippen LogP contribution in [-0.4, -0.2) is 32.8 Å². The number of sulfonamides is 1. The summed E-state index contributed by atoms with van der Waals surface area (Å²) in [4.78, 5) is 11.3. The summed E-state index contributed by atoms with van der Waals surface area (Å²) in [5.41, 5.74) is 0. The van der Waals surface area contributed by atoms with E-state index in [-0.39, 0.29) is 12.5 Å². The van der Waals surface area contributed by atoms with Crippen molar-refractivity contribution >= 4 is 15.9 Å². The number of nitrogens with one attached hydrogen (secondary N) is 1. The van der Waals surface area contributed by atoms with E-state index in [1.807, 2.05) is 0 Å². The summed E-state index contributed by atoms with van der Waals surface area (Å²) in [5.74, 6) is -0.796. The van der Waals surface area contributed by atoms with Crippen LogP contribution < -0.4 is 4.72 Å². The summed E-state index contributed by atoms with van der Waals surface area (Å²) in [7, 11) is -2.12. The van der Waals surface area contributed by atoms with Gasteiger partial charge in [0.25, 0.3) is 0 Å². The number of carbonyl (C=O) groups excluding carboxylic acids is 1. The molecule has 0 heterocycles. The van der Waals surface area contributed by atoms with Crippen molar-refractivity contribution in [2.24, 2.45) is 5.92 Å². The molecule has 0 aromatic rings. The van der Waals surface area contributed by atoms with Crippen molar-refractivity contribution in [3.05, 3.63) is 0 Å². The fourth-order valence-corrected chi connectivity index (χ4v) is 2.88. The van der Waals surface area contributed by atoms with Gasteiger partial charge in [-0.25, -0.2) is 8.42 Å². The van der Waals surface area contributed by atoms with Gasteiger partial charge < -0.3 is 4.74 Å². The van der Waals surface area contributed by atoms with Crippen molar-refractivity contribution < 1.29 is 17.9 Å². The maximum absolute atomic E-state index is 11.8. The molecule has 1 amide bonds. The third kappa shape index (κ3) is 2.49. The van der Waals surface area contributed by atoms with Gasteiger partial charge in [-0.3, -0.25) is 9.52 Å². The minimum absolute atomic E-state index is 0.147. The highest BCUT2D eigenvalue weighted by molar-refractivity contribution is 7.91. The highest BCUT2D eigenvalue weighted by Crippen LogP contribution is 2.43. The van der Waals surface area contributed by atoms with E-state index in [4.69, 9.17) is 4.74 Å². The van der Waals surface area contributed by atoms with Crippen LogP contribution in [0, 0.1) is 5.92 Å². The van der Waals surface area contributed by atoms with Crippen molar-refractivity contribution in [1.29, 1.82) is 0 Å². The van der Waals surface area contributed by atoms with E-state index >= 15 is 0 Å². The minimum Gasteiger partial charge on any atom is -0.383 e. The van der Waals surface area contributed by atoms with E-state index in [1.54, 1.807) is 13.8 Å². The molecule has 1 rings (SSSR count). The average Bonchev–Trinajstić information content (AvgIpc) is 2.85. The van der Waals surface area contributed by atoms with Crippen LogP contribution in [0.1, 0.15) is 26.7 Å². The average molecular weight is 235 g/mol. The van der Waals surface area contributed by atoms with Crippen molar-refractivity contribution in [3.63, 3.8) is 0 Å². The molecule has 1 fully saturated rings. The second kappa shape index (κ2) is 4.09. The van der Waals surface area contributed by atoms with Gasteiger partial charge in [0.05, 0.1) is 6.61 Å². The monoisotopic (exact) mass is 235 g/mol. The summed E-state index contributed by atoms with van der Waals surface area (Å²) in [6, 6.07) is 0. The van der Waals surface area contributed by atoms with Gasteiger partial charge in [-0.15, -0.1) is 0 Å². The Hall–Kier alpha value is -0.620. The molecule has 15 heavy (non-hydrogen) atoms. The summed E-state index contributed by atoms with van der Waals surface area (Å²) in [6.07, 6.45) is 1.11. The van der Waals surface area contributed by atoms with Gasteiger partial charge in [-0.05, 0) is 12.8 Å². The number of methoxy groups -OCH3 is 1. The number of rotatable bonds is 5. The summed E-state index contributed by atoms with van der Waals surface area (Å²) < 4.78 is 29.7. The van der Waals surface area contributed by atoms with Gasteiger partial charge in [-0.1, -0.05) is 13.8 Å². The predicted molar refractivity (Wildman–Crippen MR) is 55.7 cm³/mol. The molecule has 0 spiro atoms. The lowest BCUT2D eigenvalue weighted by molar-refractivity contribution is -0.122. The van der Waals surface area contributed by atoms with Gasteiger partial charge >= 0.3 is 0 Å². The quantitative estimate of drug-likeness (QED) is 0.742. The molecule has 1 aliphatic carbocycles. The Morgan fingerprint density at radius 1 is 1.47 bits per heavy atom. The zero-order chi connectivity index (χ0) is 11.7. The summed E-state index contributed by atoms with van der Waals surface area (Å²) >= 11 is 0. The van der Waals surface area contributed by atoms with Crippen molar-refractivity contribution in [1.82, 2.24) is 4.72 Å². The Morgan fingerprint density at radius 3 is 2.33 bits per heavy atom. The van der Waals surface area contributed by atoms with Crippen molar-refractivity contribution in [3.8, 4) is 0 Å². The molecule has 0 unspecified atom stereocenters. The van der Waals surface area contributed by atoms with Crippen molar-refractivity contribution in [2.45, 2.75) is 31.4 Å². The molecule has 88 valence electrons. The number of carbonyl (C=O) groups is 1. The Bertz CT molecular complexity index is 343. The molecular formula is C9H17NO4S. The maximum atomic E-state index is 11.8. The SMILES string of the molecule is COCC1(S(=O)(=O)NC(=O)C(C)C)CC1. The van der Waals surface area contributed by atoms with E-state index in [1.165, 1.54) is 7.11 Å². The lowest BCUT2D eigenvalue weighted by Gasteiger charge is -2.16. The number of hydrogen-bond donors (Lipinski definition) is 1. The second-order valence-electron chi connectivity index (χ2n) is 4.24. The molecule has 0 saturated heterocycles. The van der Waals surface area contributed by atoms with Crippen LogP contribution in [-0.2, 0) is 19.6 Å². The third-order valence-corrected chi connectivity index (χ3v) is 4.68. The van der Waals surface area contributed by atoms with E-state index in [2.05, 4.69) is 4.72 Å². The topological polar surface area (TPSA) is 72.5 Å². The Balaban J connectivity index is 2.72. The second-order valence-corrected chi connectivity index (χ2v) is 6.32. The van der Waals surface area contributed by atoms with Gasteiger partial charge in [0.15, 0.2) is 0 Å².